The molecule has 0 aromatic heterocycles. The first-order chi connectivity index (χ1) is 5.86. The minimum Gasteiger partial charge on any atom is -0.242 e. The average Bonchev–Trinajstić information content (AvgIpc) is 2.15. The molecule has 72 valence electrons. The van der Waals surface area contributed by atoms with Gasteiger partial charge < -0.3 is 0 Å². The van der Waals surface area contributed by atoms with E-state index >= 15 is 0 Å². The smallest absolute Gasteiger partial charge is 0.0146 e. The first-order valence-electron chi connectivity index (χ1n) is 4.90. The molecule has 1 rings (SSSR count). The molecule has 1 nitrogen and oxygen atoms in total. The summed E-state index contributed by atoms with van der Waals surface area (Å²) in [5.41, 5.74) is 0. The Morgan fingerprint density at radius 3 is 2.58 bits per heavy atom. The second-order valence-corrected chi connectivity index (χ2v) is 5.42. The van der Waals surface area contributed by atoms with E-state index in [1.54, 1.807) is 0 Å². The summed E-state index contributed by atoms with van der Waals surface area (Å²) in [7, 11) is 1.87. The molecule has 0 unspecified atom stereocenters. The Labute approximate surface area is 92.4 Å². The van der Waals surface area contributed by atoms with Crippen LogP contribution in [0.3, 0.4) is 0 Å². The van der Waals surface area contributed by atoms with E-state index in [9.17, 15) is 0 Å². The summed E-state index contributed by atoms with van der Waals surface area (Å²) in [5, 5.41) is 0. The Bertz CT molecular complexity index is 113. The van der Waals surface area contributed by atoms with Crippen molar-refractivity contribution in [3.05, 3.63) is 0 Å². The fourth-order valence-electron chi connectivity index (χ4n) is 1.76. The normalized spacial score (nSPS) is 21.5. The highest BCUT2D eigenvalue weighted by Crippen LogP contribution is 2.28. The van der Waals surface area contributed by atoms with Gasteiger partial charge in [0.25, 0.3) is 0 Å². The highest BCUT2D eigenvalue weighted by molar-refractivity contribution is 14.2. The third-order valence-corrected chi connectivity index (χ3v) is 4.87. The van der Waals surface area contributed by atoms with Crippen LogP contribution in [0.25, 0.3) is 0 Å². The van der Waals surface area contributed by atoms with Gasteiger partial charge in [-0.05, 0) is 27.9 Å². The van der Waals surface area contributed by atoms with Crippen molar-refractivity contribution in [1.82, 2.24) is 4.31 Å². The van der Waals surface area contributed by atoms with Crippen molar-refractivity contribution in [3.8, 4) is 0 Å². The van der Waals surface area contributed by atoms with Crippen LogP contribution < -0.4 is 0 Å². The van der Waals surface area contributed by atoms with Crippen molar-refractivity contribution in [3.63, 3.8) is 0 Å². The molecular formula is C9H18INS. The van der Waals surface area contributed by atoms with E-state index in [-0.39, 0.29) is 0 Å². The molecule has 0 bridgehead atoms. The van der Waals surface area contributed by atoms with Crippen molar-refractivity contribution in [2.75, 3.05) is 13.1 Å². The van der Waals surface area contributed by atoms with Crippen molar-refractivity contribution < 1.29 is 0 Å². The summed E-state index contributed by atoms with van der Waals surface area (Å²) in [6.07, 6.45) is 7.12. The van der Waals surface area contributed by atoms with Crippen LogP contribution in [0, 0.1) is 5.92 Å². The number of unbranched alkanes of at least 4 members (excludes halogenated alkanes) is 1. The van der Waals surface area contributed by atoms with E-state index in [0.717, 1.165) is 5.92 Å². The van der Waals surface area contributed by atoms with E-state index in [0.29, 0.717) is 0 Å². The Morgan fingerprint density at radius 2 is 2.08 bits per heavy atom. The third kappa shape index (κ3) is 3.83. The van der Waals surface area contributed by atoms with Gasteiger partial charge in [0.2, 0.25) is 0 Å². The van der Waals surface area contributed by atoms with Gasteiger partial charge in [0.15, 0.2) is 0 Å². The van der Waals surface area contributed by atoms with E-state index in [4.69, 9.17) is 0 Å². The summed E-state index contributed by atoms with van der Waals surface area (Å²) in [6.45, 7) is 4.90. The topological polar surface area (TPSA) is 3.24 Å². The van der Waals surface area contributed by atoms with Crippen molar-refractivity contribution in [1.29, 1.82) is 0 Å². The Kier molecular flexibility index (Phi) is 6.01. The van der Waals surface area contributed by atoms with Crippen molar-refractivity contribution >= 4 is 30.3 Å². The molecule has 0 saturated carbocycles. The van der Waals surface area contributed by atoms with Gasteiger partial charge >= 0.3 is 0 Å². The SMILES string of the molecule is CCCCC1CCN(SI)CC1. The van der Waals surface area contributed by atoms with Crippen LogP contribution in [0.1, 0.15) is 39.0 Å². The van der Waals surface area contributed by atoms with Gasteiger partial charge in [-0.3, -0.25) is 0 Å². The van der Waals surface area contributed by atoms with Crippen LogP contribution in [0.5, 0.6) is 0 Å². The quantitative estimate of drug-likeness (QED) is 0.572. The van der Waals surface area contributed by atoms with Crippen LogP contribution in [0.2, 0.25) is 0 Å². The van der Waals surface area contributed by atoms with Gasteiger partial charge in [0, 0.05) is 34.3 Å². The Morgan fingerprint density at radius 1 is 1.42 bits per heavy atom. The molecule has 0 aliphatic carbocycles. The molecule has 1 fully saturated rings. The van der Waals surface area contributed by atoms with E-state index in [1.165, 1.54) is 45.2 Å². The van der Waals surface area contributed by atoms with Gasteiger partial charge in [0.05, 0.1) is 0 Å². The van der Waals surface area contributed by atoms with Gasteiger partial charge in [-0.15, -0.1) is 0 Å². The van der Waals surface area contributed by atoms with Crippen molar-refractivity contribution in [2.45, 2.75) is 39.0 Å². The molecule has 1 saturated heterocycles. The molecule has 1 aliphatic rings. The van der Waals surface area contributed by atoms with E-state index < -0.39 is 0 Å². The maximum atomic E-state index is 2.48. The van der Waals surface area contributed by atoms with Gasteiger partial charge in [-0.1, -0.05) is 26.2 Å². The molecule has 0 amide bonds. The second kappa shape index (κ2) is 6.49. The van der Waals surface area contributed by atoms with Crippen LogP contribution >= 0.6 is 30.3 Å². The fourth-order valence-corrected chi connectivity index (χ4v) is 3.29. The number of hydrogen-bond acceptors (Lipinski definition) is 2. The molecular weight excluding hydrogens is 281 g/mol. The summed E-state index contributed by atoms with van der Waals surface area (Å²) < 4.78 is 2.48. The zero-order chi connectivity index (χ0) is 8.81. The minimum atomic E-state index is 1.03. The highest BCUT2D eigenvalue weighted by atomic mass is 127. The number of hydrogen-bond donors (Lipinski definition) is 0. The van der Waals surface area contributed by atoms with E-state index in [1.807, 2.05) is 9.12 Å². The third-order valence-electron chi connectivity index (χ3n) is 2.64. The summed E-state index contributed by atoms with van der Waals surface area (Å²) in [6, 6.07) is 0. The van der Waals surface area contributed by atoms with Gasteiger partial charge in [-0.2, -0.15) is 0 Å². The number of nitrogens with zero attached hydrogens (tertiary/aromatic N) is 1. The molecule has 0 aromatic rings. The second-order valence-electron chi connectivity index (χ2n) is 3.58. The monoisotopic (exact) mass is 299 g/mol. The largest absolute Gasteiger partial charge is 0.242 e. The van der Waals surface area contributed by atoms with Gasteiger partial charge in [0.1, 0.15) is 0 Å². The molecule has 0 N–H and O–H groups in total. The molecule has 0 radical (unpaired) electrons. The number of halogens is 1. The predicted octanol–water partition coefficient (Wildman–Crippen LogP) is 3.89. The van der Waals surface area contributed by atoms with Crippen LogP contribution in [0.4, 0.5) is 0 Å². The maximum absolute atomic E-state index is 2.48. The van der Waals surface area contributed by atoms with Gasteiger partial charge in [-0.25, -0.2) is 4.31 Å². The number of piperidine rings is 1. The standard InChI is InChI=1S/C9H18INS/c1-2-3-4-9-5-7-11(12-10)8-6-9/h9H,2-8H2,1H3. The zero-order valence-electron chi connectivity index (χ0n) is 7.76. The first kappa shape index (κ1) is 11.1. The van der Waals surface area contributed by atoms with Crippen LogP contribution in [-0.2, 0) is 0 Å². The Balaban J connectivity index is 2.09. The lowest BCUT2D eigenvalue weighted by Gasteiger charge is -2.29. The van der Waals surface area contributed by atoms with Crippen LogP contribution in [-0.4, -0.2) is 17.4 Å². The molecule has 0 aromatic carbocycles. The minimum absolute atomic E-state index is 1.03. The Hall–Kier alpha value is 1.04. The highest BCUT2D eigenvalue weighted by Gasteiger charge is 2.17. The lowest BCUT2D eigenvalue weighted by Crippen LogP contribution is -2.27. The molecule has 12 heavy (non-hydrogen) atoms. The summed E-state index contributed by atoms with van der Waals surface area (Å²) in [4.78, 5) is 0. The molecule has 1 aliphatic heterocycles. The molecule has 1 heterocycles. The zero-order valence-corrected chi connectivity index (χ0v) is 10.7. The lowest BCUT2D eigenvalue weighted by atomic mass is 9.93. The average molecular weight is 299 g/mol. The first-order valence-corrected chi connectivity index (χ1v) is 8.22. The maximum Gasteiger partial charge on any atom is 0.0146 e. The molecule has 0 spiro atoms. The molecule has 3 heteroatoms. The molecule has 0 atom stereocenters. The van der Waals surface area contributed by atoms with Crippen LogP contribution in [0.15, 0.2) is 0 Å². The van der Waals surface area contributed by atoms with Crippen molar-refractivity contribution in [2.24, 2.45) is 5.92 Å². The fraction of sp³-hybridized carbons (Fsp3) is 1.00. The predicted molar refractivity (Wildman–Crippen MR) is 65.4 cm³/mol. The van der Waals surface area contributed by atoms with E-state index in [2.05, 4.69) is 32.4 Å². The lowest BCUT2D eigenvalue weighted by molar-refractivity contribution is 0.277. The summed E-state index contributed by atoms with van der Waals surface area (Å²) in [5.74, 6) is 1.03. The summed E-state index contributed by atoms with van der Waals surface area (Å²) >= 11 is 2.39. The number of rotatable bonds is 4.